The third-order valence-corrected chi connectivity index (χ3v) is 4.49. The first kappa shape index (κ1) is 15.1. The van der Waals surface area contributed by atoms with Gasteiger partial charge in [-0.15, -0.1) is 0 Å². The van der Waals surface area contributed by atoms with E-state index in [9.17, 15) is 4.79 Å². The fourth-order valence-corrected chi connectivity index (χ4v) is 3.48. The first-order valence-corrected chi connectivity index (χ1v) is 7.85. The molecule has 0 aliphatic carbocycles. The van der Waals surface area contributed by atoms with E-state index in [1.165, 1.54) is 30.6 Å². The average Bonchev–Trinajstić information content (AvgIpc) is 2.89. The lowest BCUT2D eigenvalue weighted by Crippen LogP contribution is -2.11. The van der Waals surface area contributed by atoms with E-state index >= 15 is 0 Å². The Hall–Kier alpha value is -1.82. The van der Waals surface area contributed by atoms with E-state index < -0.39 is 0 Å². The van der Waals surface area contributed by atoms with Crippen molar-refractivity contribution in [3.63, 3.8) is 0 Å². The second kappa shape index (κ2) is 6.12. The van der Waals surface area contributed by atoms with Crippen LogP contribution in [0.2, 0.25) is 10.0 Å². The molecule has 112 valence electrons. The minimum Gasteiger partial charge on any atom is -0.494 e. The van der Waals surface area contributed by atoms with E-state index in [1.54, 1.807) is 0 Å². The molecule has 1 amide bonds. The molecule has 2 aromatic carbocycles. The molecule has 0 bridgehead atoms. The number of hydrogen-bond donors (Lipinski definition) is 1. The molecule has 0 fully saturated rings. The number of anilines is 1. The predicted octanol–water partition coefficient (Wildman–Crippen LogP) is 4.86. The van der Waals surface area contributed by atoms with Crippen LogP contribution in [0.5, 0.6) is 5.75 Å². The van der Waals surface area contributed by atoms with Gasteiger partial charge in [-0.1, -0.05) is 46.7 Å². The van der Waals surface area contributed by atoms with Gasteiger partial charge in [0.05, 0.1) is 27.4 Å². The van der Waals surface area contributed by atoms with Crippen LogP contribution in [0.4, 0.5) is 5.13 Å². The second-order valence-corrected chi connectivity index (χ2v) is 6.26. The molecule has 22 heavy (non-hydrogen) atoms. The number of halogens is 2. The van der Waals surface area contributed by atoms with E-state index in [0.29, 0.717) is 16.4 Å². The second-order valence-electron chi connectivity index (χ2n) is 4.41. The van der Waals surface area contributed by atoms with Gasteiger partial charge in [-0.05, 0) is 24.3 Å². The Morgan fingerprint density at radius 1 is 1.23 bits per heavy atom. The fourth-order valence-electron chi connectivity index (χ4n) is 1.98. The number of nitrogens with zero attached hydrogens (tertiary/aromatic N) is 1. The molecule has 4 nitrogen and oxygen atoms in total. The number of thiazole rings is 1. The van der Waals surface area contributed by atoms with Crippen molar-refractivity contribution in [2.45, 2.75) is 0 Å². The zero-order chi connectivity index (χ0) is 15.7. The van der Waals surface area contributed by atoms with Gasteiger partial charge in [0.1, 0.15) is 0 Å². The molecular weight excluding hydrogens is 343 g/mol. The van der Waals surface area contributed by atoms with Crippen LogP contribution in [0.25, 0.3) is 10.2 Å². The number of benzene rings is 2. The number of carbonyl (C=O) groups excluding carboxylic acids is 1. The van der Waals surface area contributed by atoms with Crippen LogP contribution in [-0.2, 0) is 0 Å². The summed E-state index contributed by atoms with van der Waals surface area (Å²) in [5.74, 6) is 0.0189. The zero-order valence-electron chi connectivity index (χ0n) is 11.4. The highest BCUT2D eigenvalue weighted by molar-refractivity contribution is 7.22. The zero-order valence-corrected chi connectivity index (χ0v) is 13.7. The largest absolute Gasteiger partial charge is 0.494 e. The summed E-state index contributed by atoms with van der Waals surface area (Å²) in [5.41, 5.74) is 1.18. The molecule has 1 aromatic heterocycles. The molecule has 1 heterocycles. The van der Waals surface area contributed by atoms with Crippen LogP contribution >= 0.6 is 34.5 Å². The summed E-state index contributed by atoms with van der Waals surface area (Å²) in [5, 5.41) is 3.84. The van der Waals surface area contributed by atoms with Crippen molar-refractivity contribution in [3.8, 4) is 5.75 Å². The lowest BCUT2D eigenvalue weighted by Gasteiger charge is -2.08. The number of amides is 1. The highest BCUT2D eigenvalue weighted by atomic mass is 35.5. The summed E-state index contributed by atoms with van der Waals surface area (Å²) in [6.07, 6.45) is 0. The Kier molecular flexibility index (Phi) is 4.20. The van der Waals surface area contributed by atoms with Crippen molar-refractivity contribution in [2.75, 3.05) is 12.4 Å². The minimum absolute atomic E-state index is 0.282. The number of aromatic nitrogens is 1. The highest BCUT2D eigenvalue weighted by Crippen LogP contribution is 2.34. The van der Waals surface area contributed by atoms with Gasteiger partial charge in [0.2, 0.25) is 0 Å². The van der Waals surface area contributed by atoms with Crippen LogP contribution in [0.1, 0.15) is 10.4 Å². The quantitative estimate of drug-likeness (QED) is 0.731. The van der Waals surface area contributed by atoms with Crippen molar-refractivity contribution in [1.29, 1.82) is 0 Å². The summed E-state index contributed by atoms with van der Waals surface area (Å²) in [7, 11) is 1.47. The Balaban J connectivity index is 1.88. The molecule has 0 unspecified atom stereocenters. The van der Waals surface area contributed by atoms with Gasteiger partial charge < -0.3 is 4.74 Å². The van der Waals surface area contributed by atoms with E-state index in [2.05, 4.69) is 10.3 Å². The van der Waals surface area contributed by atoms with Gasteiger partial charge in [-0.25, -0.2) is 4.98 Å². The number of methoxy groups -OCH3 is 1. The number of para-hydroxylation sites is 1. The maximum absolute atomic E-state index is 12.3. The van der Waals surface area contributed by atoms with E-state index in [-0.39, 0.29) is 16.0 Å². The summed E-state index contributed by atoms with van der Waals surface area (Å²) in [6, 6.07) is 10.7. The van der Waals surface area contributed by atoms with Gasteiger partial charge in [-0.3, -0.25) is 10.1 Å². The average molecular weight is 353 g/mol. The minimum atomic E-state index is -0.328. The number of fused-ring (bicyclic) bond motifs is 1. The topological polar surface area (TPSA) is 51.2 Å². The van der Waals surface area contributed by atoms with Gasteiger partial charge in [-0.2, -0.15) is 0 Å². The molecule has 7 heteroatoms. The maximum Gasteiger partial charge on any atom is 0.257 e. The first-order valence-electron chi connectivity index (χ1n) is 6.28. The molecule has 3 rings (SSSR count). The Labute approximate surface area is 140 Å². The standard InChI is InChI=1S/C15H10Cl2N2O2S/c1-21-13-9(16)6-8(7-10(13)17)14(20)19-15-18-11-4-2-3-5-12(11)22-15/h2-7H,1H3,(H,18,19,20). The van der Waals surface area contributed by atoms with Crippen LogP contribution in [-0.4, -0.2) is 18.0 Å². The molecule has 0 radical (unpaired) electrons. The SMILES string of the molecule is COc1c(Cl)cc(C(=O)Nc2nc3ccccc3s2)cc1Cl. The van der Waals surface area contributed by atoms with Crippen molar-refractivity contribution in [1.82, 2.24) is 4.98 Å². The molecule has 0 saturated carbocycles. The van der Waals surface area contributed by atoms with E-state index in [0.717, 1.165) is 10.2 Å². The first-order chi connectivity index (χ1) is 10.6. The predicted molar refractivity (Wildman–Crippen MR) is 90.6 cm³/mol. The van der Waals surface area contributed by atoms with E-state index in [1.807, 2.05) is 24.3 Å². The monoisotopic (exact) mass is 352 g/mol. The number of ether oxygens (including phenoxy) is 1. The number of rotatable bonds is 3. The van der Waals surface area contributed by atoms with Crippen molar-refractivity contribution in [2.24, 2.45) is 0 Å². The Morgan fingerprint density at radius 3 is 2.55 bits per heavy atom. The summed E-state index contributed by atoms with van der Waals surface area (Å²) in [6.45, 7) is 0. The summed E-state index contributed by atoms with van der Waals surface area (Å²) < 4.78 is 6.07. The third-order valence-electron chi connectivity index (χ3n) is 2.98. The van der Waals surface area contributed by atoms with Gasteiger partial charge >= 0.3 is 0 Å². The smallest absolute Gasteiger partial charge is 0.257 e. The lowest BCUT2D eigenvalue weighted by atomic mass is 10.2. The van der Waals surface area contributed by atoms with Crippen LogP contribution in [0.3, 0.4) is 0 Å². The van der Waals surface area contributed by atoms with Crippen LogP contribution in [0.15, 0.2) is 36.4 Å². The van der Waals surface area contributed by atoms with Crippen molar-refractivity contribution >= 4 is 55.8 Å². The summed E-state index contributed by atoms with van der Waals surface area (Å²) >= 11 is 13.5. The highest BCUT2D eigenvalue weighted by Gasteiger charge is 2.15. The summed E-state index contributed by atoms with van der Waals surface area (Å²) in [4.78, 5) is 16.6. The molecule has 0 aliphatic rings. The molecule has 0 spiro atoms. The maximum atomic E-state index is 12.3. The van der Waals surface area contributed by atoms with Crippen LogP contribution < -0.4 is 10.1 Å². The van der Waals surface area contributed by atoms with Gasteiger partial charge in [0, 0.05) is 5.56 Å². The van der Waals surface area contributed by atoms with Crippen molar-refractivity contribution < 1.29 is 9.53 Å². The van der Waals surface area contributed by atoms with Crippen LogP contribution in [0, 0.1) is 0 Å². The molecule has 3 aromatic rings. The van der Waals surface area contributed by atoms with Crippen molar-refractivity contribution in [3.05, 3.63) is 52.0 Å². The Bertz CT molecular complexity index is 808. The molecule has 1 N–H and O–H groups in total. The van der Waals surface area contributed by atoms with Gasteiger partial charge in [0.25, 0.3) is 5.91 Å². The molecular formula is C15H10Cl2N2O2S. The normalized spacial score (nSPS) is 10.7. The third kappa shape index (κ3) is 2.88. The Morgan fingerprint density at radius 2 is 1.91 bits per heavy atom. The fraction of sp³-hybridized carbons (Fsp3) is 0.0667. The van der Waals surface area contributed by atoms with E-state index in [4.69, 9.17) is 27.9 Å². The molecule has 0 atom stereocenters. The molecule has 0 saturated heterocycles. The lowest BCUT2D eigenvalue weighted by molar-refractivity contribution is 0.102. The molecule has 0 aliphatic heterocycles. The number of hydrogen-bond acceptors (Lipinski definition) is 4. The number of carbonyl (C=O) groups is 1. The number of nitrogens with one attached hydrogen (secondary N) is 1. The van der Waals surface area contributed by atoms with Gasteiger partial charge in [0.15, 0.2) is 10.9 Å².